The van der Waals surface area contributed by atoms with Gasteiger partial charge in [-0.05, 0) is 22.3 Å². The summed E-state index contributed by atoms with van der Waals surface area (Å²) in [5.41, 5.74) is 7.33. The number of anilines is 1. The number of aromatic nitrogens is 1. The van der Waals surface area contributed by atoms with Gasteiger partial charge in [0.25, 0.3) is 0 Å². The lowest BCUT2D eigenvalue weighted by atomic mass is 9.93. The average Bonchev–Trinajstić information content (AvgIpc) is 2.80. The maximum Gasteiger partial charge on any atom is 0.353 e. The van der Waals surface area contributed by atoms with E-state index in [1.807, 2.05) is 0 Å². The molecule has 1 heterocycles. The Morgan fingerprint density at radius 2 is 1.77 bits per heavy atom. The van der Waals surface area contributed by atoms with E-state index in [-0.39, 0.29) is 28.7 Å². The van der Waals surface area contributed by atoms with Gasteiger partial charge in [-0.15, -0.1) is 0 Å². The number of hydrogen-bond acceptors (Lipinski definition) is 5. The summed E-state index contributed by atoms with van der Waals surface area (Å²) in [4.78, 5) is 13.6. The molecule has 2 rings (SSSR count). The van der Waals surface area contributed by atoms with Crippen molar-refractivity contribution in [2.24, 2.45) is 0 Å². The molecule has 0 spiro atoms. The molecule has 7 N–H and O–H groups in total. The van der Waals surface area contributed by atoms with Crippen LogP contribution in [-0.4, -0.2) is 31.4 Å². The lowest BCUT2D eigenvalue weighted by Gasteiger charge is -2.15. The molecule has 0 unspecified atom stereocenters. The van der Waals surface area contributed by atoms with Crippen molar-refractivity contribution in [3.05, 3.63) is 39.5 Å². The number of aliphatic hydroxyl groups excluding tert-OH is 3. The summed E-state index contributed by atoms with van der Waals surface area (Å²) < 4.78 is 0. The number of rotatable bonds is 5. The summed E-state index contributed by atoms with van der Waals surface area (Å²) in [5.74, 6) is -1.22. The quantitative estimate of drug-likeness (QED) is 0.486. The zero-order valence-corrected chi connectivity index (χ0v) is 12.2. The molecule has 2 aromatic rings. The maximum atomic E-state index is 11.1. The van der Waals surface area contributed by atoms with Gasteiger partial charge in [0.1, 0.15) is 11.5 Å². The van der Waals surface area contributed by atoms with Crippen LogP contribution in [0.1, 0.15) is 27.2 Å². The number of carbonyl (C=O) groups is 1. The lowest BCUT2D eigenvalue weighted by molar-refractivity contribution is 0.0691. The van der Waals surface area contributed by atoms with Crippen LogP contribution in [0.2, 0.25) is 5.02 Å². The molecule has 1 aromatic heterocycles. The first-order valence-electron chi connectivity index (χ1n) is 6.33. The second-order valence-electron chi connectivity index (χ2n) is 4.61. The second kappa shape index (κ2) is 6.37. The Kier molecular flexibility index (Phi) is 4.72. The number of nitrogen functional groups attached to an aromatic ring is 1. The Hall–Kier alpha value is -2.06. The van der Waals surface area contributed by atoms with Crippen LogP contribution in [0.4, 0.5) is 5.82 Å². The fourth-order valence-electron chi connectivity index (χ4n) is 2.41. The van der Waals surface area contributed by atoms with E-state index in [4.69, 9.17) is 22.4 Å². The first-order valence-corrected chi connectivity index (χ1v) is 6.70. The molecular formula is C14H15ClN2O5. The summed E-state index contributed by atoms with van der Waals surface area (Å²) in [6, 6.07) is 3.12. The Bertz CT molecular complexity index is 727. The Balaban J connectivity index is 2.76. The molecule has 0 aliphatic carbocycles. The maximum absolute atomic E-state index is 11.1. The van der Waals surface area contributed by atoms with Crippen molar-refractivity contribution in [3.8, 4) is 11.1 Å². The van der Waals surface area contributed by atoms with Crippen molar-refractivity contribution in [1.82, 2.24) is 4.98 Å². The van der Waals surface area contributed by atoms with Crippen LogP contribution < -0.4 is 5.73 Å². The van der Waals surface area contributed by atoms with E-state index in [0.717, 1.165) is 0 Å². The van der Waals surface area contributed by atoms with Crippen LogP contribution in [0.5, 0.6) is 0 Å². The smallest absolute Gasteiger partial charge is 0.353 e. The number of aromatic amines is 1. The summed E-state index contributed by atoms with van der Waals surface area (Å²) in [6.07, 6.45) is 0. The number of carboxylic acids is 1. The molecule has 1 aromatic carbocycles. The minimum absolute atomic E-state index is 0.0396. The van der Waals surface area contributed by atoms with Crippen molar-refractivity contribution in [2.75, 3.05) is 5.73 Å². The minimum atomic E-state index is -1.26. The highest BCUT2D eigenvalue weighted by atomic mass is 35.5. The number of halogens is 1. The van der Waals surface area contributed by atoms with Crippen LogP contribution in [0, 0.1) is 0 Å². The van der Waals surface area contributed by atoms with Gasteiger partial charge in [0.15, 0.2) is 0 Å². The van der Waals surface area contributed by atoms with E-state index in [1.165, 1.54) is 0 Å². The third-order valence-corrected chi connectivity index (χ3v) is 3.84. The van der Waals surface area contributed by atoms with Gasteiger partial charge in [-0.3, -0.25) is 0 Å². The van der Waals surface area contributed by atoms with E-state index in [1.54, 1.807) is 12.1 Å². The van der Waals surface area contributed by atoms with Gasteiger partial charge in [0.05, 0.1) is 24.8 Å². The highest BCUT2D eigenvalue weighted by Gasteiger charge is 2.23. The van der Waals surface area contributed by atoms with Crippen molar-refractivity contribution in [2.45, 2.75) is 19.8 Å². The number of aliphatic hydroxyl groups is 3. The summed E-state index contributed by atoms with van der Waals surface area (Å²) >= 11 is 6.07. The summed E-state index contributed by atoms with van der Waals surface area (Å²) in [7, 11) is 0. The average molecular weight is 327 g/mol. The van der Waals surface area contributed by atoms with E-state index in [0.29, 0.717) is 22.3 Å². The number of nitrogens with two attached hydrogens (primary N) is 1. The largest absolute Gasteiger partial charge is 0.477 e. The van der Waals surface area contributed by atoms with E-state index < -0.39 is 19.2 Å². The molecule has 0 atom stereocenters. The number of H-pyrrole nitrogens is 1. The van der Waals surface area contributed by atoms with Crippen molar-refractivity contribution < 1.29 is 25.2 Å². The fourth-order valence-corrected chi connectivity index (χ4v) is 2.74. The van der Waals surface area contributed by atoms with Gasteiger partial charge in [-0.1, -0.05) is 23.7 Å². The van der Waals surface area contributed by atoms with Gasteiger partial charge in [-0.2, -0.15) is 0 Å². The second-order valence-corrected chi connectivity index (χ2v) is 4.99. The highest BCUT2D eigenvalue weighted by Crippen LogP contribution is 2.39. The van der Waals surface area contributed by atoms with Crippen molar-refractivity contribution in [3.63, 3.8) is 0 Å². The predicted molar refractivity (Wildman–Crippen MR) is 80.4 cm³/mol. The van der Waals surface area contributed by atoms with Gasteiger partial charge in [-0.25, -0.2) is 4.79 Å². The molecule has 0 saturated carbocycles. The normalized spacial score (nSPS) is 10.9. The third kappa shape index (κ3) is 2.55. The zero-order chi connectivity index (χ0) is 16.4. The predicted octanol–water partition coefficient (Wildman–Crippen LogP) is 1.09. The standard InChI is InChI=1S/C14H15ClN2O5/c15-11-10(13(16)17-12(11)14(21)22)7-2-1-6(3-18)8(4-19)9(7)5-20/h1-2,17-20H,3-5,16H2,(H,21,22). The molecule has 0 fully saturated rings. The topological polar surface area (TPSA) is 140 Å². The molecule has 0 amide bonds. The van der Waals surface area contributed by atoms with Gasteiger partial charge < -0.3 is 31.1 Å². The van der Waals surface area contributed by atoms with Crippen LogP contribution >= 0.6 is 11.6 Å². The van der Waals surface area contributed by atoms with Crippen molar-refractivity contribution in [1.29, 1.82) is 0 Å². The van der Waals surface area contributed by atoms with E-state index in [2.05, 4.69) is 4.98 Å². The molecule has 0 saturated heterocycles. The number of aromatic carboxylic acids is 1. The van der Waals surface area contributed by atoms with E-state index >= 15 is 0 Å². The Morgan fingerprint density at radius 1 is 1.14 bits per heavy atom. The third-order valence-electron chi connectivity index (χ3n) is 3.47. The van der Waals surface area contributed by atoms with Gasteiger partial charge in [0.2, 0.25) is 0 Å². The lowest BCUT2D eigenvalue weighted by Crippen LogP contribution is -2.04. The van der Waals surface area contributed by atoms with Crippen molar-refractivity contribution >= 4 is 23.4 Å². The van der Waals surface area contributed by atoms with Crippen LogP contribution in [-0.2, 0) is 19.8 Å². The molecule has 0 radical (unpaired) electrons. The molecule has 0 aliphatic rings. The Morgan fingerprint density at radius 3 is 2.23 bits per heavy atom. The van der Waals surface area contributed by atoms with Gasteiger partial charge in [0, 0.05) is 5.56 Å². The molecule has 0 bridgehead atoms. The SMILES string of the molecule is Nc1[nH]c(C(=O)O)c(Cl)c1-c1ccc(CO)c(CO)c1CO. The highest BCUT2D eigenvalue weighted by molar-refractivity contribution is 6.37. The molecule has 0 aliphatic heterocycles. The molecule has 7 nitrogen and oxygen atoms in total. The monoisotopic (exact) mass is 326 g/mol. The zero-order valence-electron chi connectivity index (χ0n) is 11.4. The first-order chi connectivity index (χ1) is 10.5. The number of hydrogen-bond donors (Lipinski definition) is 6. The minimum Gasteiger partial charge on any atom is -0.477 e. The van der Waals surface area contributed by atoms with Crippen LogP contribution in [0.3, 0.4) is 0 Å². The summed E-state index contributed by atoms with van der Waals surface area (Å²) in [5, 5.41) is 37.4. The van der Waals surface area contributed by atoms with Gasteiger partial charge >= 0.3 is 5.97 Å². The Labute approximate surface area is 130 Å². The van der Waals surface area contributed by atoms with Crippen LogP contribution in [0.15, 0.2) is 12.1 Å². The number of nitrogens with one attached hydrogen (secondary N) is 1. The molecular weight excluding hydrogens is 312 g/mol. The number of carboxylic acid groups (broad SMARTS) is 1. The van der Waals surface area contributed by atoms with Crippen LogP contribution in [0.25, 0.3) is 11.1 Å². The summed E-state index contributed by atoms with van der Waals surface area (Å²) in [6.45, 7) is -1.13. The molecule has 118 valence electrons. The molecule has 22 heavy (non-hydrogen) atoms. The first kappa shape index (κ1) is 16.3. The number of benzene rings is 1. The van der Waals surface area contributed by atoms with E-state index in [9.17, 15) is 20.1 Å². The molecule has 8 heteroatoms. The fraction of sp³-hybridized carbons (Fsp3) is 0.214.